The van der Waals surface area contributed by atoms with E-state index in [1.54, 1.807) is 43.3 Å². The summed E-state index contributed by atoms with van der Waals surface area (Å²) in [7, 11) is 0. The van der Waals surface area contributed by atoms with Gasteiger partial charge in [-0.1, -0.05) is 35.9 Å². The topological polar surface area (TPSA) is 67.4 Å². The van der Waals surface area contributed by atoms with Crippen molar-refractivity contribution in [3.05, 3.63) is 89.5 Å². The van der Waals surface area contributed by atoms with Crippen molar-refractivity contribution in [3.63, 3.8) is 0 Å². The van der Waals surface area contributed by atoms with Gasteiger partial charge in [-0.25, -0.2) is 0 Å². The lowest BCUT2D eigenvalue weighted by molar-refractivity contribution is -0.122. The molecule has 0 fully saturated rings. The van der Waals surface area contributed by atoms with Crippen molar-refractivity contribution < 1.29 is 14.3 Å². The van der Waals surface area contributed by atoms with E-state index in [2.05, 4.69) is 10.6 Å². The second kappa shape index (κ2) is 9.06. The van der Waals surface area contributed by atoms with Crippen molar-refractivity contribution in [2.24, 2.45) is 0 Å². The van der Waals surface area contributed by atoms with Crippen molar-refractivity contribution in [2.45, 2.75) is 26.9 Å². The summed E-state index contributed by atoms with van der Waals surface area (Å²) in [6.45, 7) is 5.66. The van der Waals surface area contributed by atoms with E-state index in [-0.39, 0.29) is 11.8 Å². The van der Waals surface area contributed by atoms with Crippen molar-refractivity contribution in [1.29, 1.82) is 0 Å². The molecule has 5 heteroatoms. The molecule has 0 bridgehead atoms. The van der Waals surface area contributed by atoms with Crippen LogP contribution < -0.4 is 15.4 Å². The average molecular weight is 388 g/mol. The van der Waals surface area contributed by atoms with E-state index in [9.17, 15) is 9.59 Å². The molecule has 29 heavy (non-hydrogen) atoms. The van der Waals surface area contributed by atoms with E-state index < -0.39 is 6.10 Å². The van der Waals surface area contributed by atoms with Gasteiger partial charge in [0.15, 0.2) is 6.10 Å². The van der Waals surface area contributed by atoms with Crippen molar-refractivity contribution in [1.82, 2.24) is 0 Å². The van der Waals surface area contributed by atoms with E-state index in [4.69, 9.17) is 4.74 Å². The van der Waals surface area contributed by atoms with Gasteiger partial charge in [0.25, 0.3) is 11.8 Å². The van der Waals surface area contributed by atoms with Crippen LogP contribution in [0.15, 0.2) is 72.8 Å². The van der Waals surface area contributed by atoms with Crippen molar-refractivity contribution in [3.8, 4) is 5.75 Å². The third-order valence-electron chi connectivity index (χ3n) is 4.47. The fourth-order valence-electron chi connectivity index (χ4n) is 2.85. The minimum atomic E-state index is -0.648. The summed E-state index contributed by atoms with van der Waals surface area (Å²) in [4.78, 5) is 24.8. The normalized spacial score (nSPS) is 11.4. The first-order chi connectivity index (χ1) is 13.9. The summed E-state index contributed by atoms with van der Waals surface area (Å²) in [6, 6.07) is 21.8. The molecule has 1 atom stereocenters. The largest absolute Gasteiger partial charge is 0.481 e. The molecule has 0 aliphatic heterocycles. The van der Waals surface area contributed by atoms with Crippen LogP contribution in [0.25, 0.3) is 0 Å². The van der Waals surface area contributed by atoms with Crippen LogP contribution in [-0.2, 0) is 4.79 Å². The Labute approximate surface area is 170 Å². The SMILES string of the molecule is Cc1ccc(NC(=O)c2ccc(NC(=O)C(C)Oc3ccccc3)cc2)c(C)c1. The standard InChI is InChI=1S/C24H24N2O3/c1-16-9-14-22(17(2)15-16)26-24(28)19-10-12-20(13-11-19)25-23(27)18(3)29-21-7-5-4-6-8-21/h4-15,18H,1-3H3,(H,25,27)(H,26,28). The number of aryl methyl sites for hydroxylation is 2. The molecule has 148 valence electrons. The Kier molecular flexibility index (Phi) is 6.29. The third-order valence-corrected chi connectivity index (χ3v) is 4.47. The monoisotopic (exact) mass is 388 g/mol. The number of ether oxygens (including phenoxy) is 1. The number of nitrogens with one attached hydrogen (secondary N) is 2. The number of carbonyl (C=O) groups excluding carboxylic acids is 2. The number of hydrogen-bond donors (Lipinski definition) is 2. The van der Waals surface area contributed by atoms with Gasteiger partial charge in [0, 0.05) is 16.9 Å². The highest BCUT2D eigenvalue weighted by molar-refractivity contribution is 6.05. The molecule has 0 saturated carbocycles. The zero-order chi connectivity index (χ0) is 20.8. The first-order valence-electron chi connectivity index (χ1n) is 9.43. The molecule has 0 radical (unpaired) electrons. The van der Waals surface area contributed by atoms with Gasteiger partial charge < -0.3 is 15.4 Å². The van der Waals surface area contributed by atoms with E-state index in [1.807, 2.05) is 50.2 Å². The Morgan fingerprint density at radius 3 is 2.21 bits per heavy atom. The maximum absolute atomic E-state index is 12.5. The minimum absolute atomic E-state index is 0.199. The molecule has 1 unspecified atom stereocenters. The van der Waals surface area contributed by atoms with Gasteiger partial charge >= 0.3 is 0 Å². The van der Waals surface area contributed by atoms with Gasteiger partial charge in [0.1, 0.15) is 5.75 Å². The zero-order valence-corrected chi connectivity index (χ0v) is 16.7. The van der Waals surface area contributed by atoms with Gasteiger partial charge in [-0.15, -0.1) is 0 Å². The van der Waals surface area contributed by atoms with Crippen LogP contribution in [0.5, 0.6) is 5.75 Å². The Morgan fingerprint density at radius 2 is 1.55 bits per heavy atom. The van der Waals surface area contributed by atoms with Gasteiger partial charge in [-0.3, -0.25) is 9.59 Å². The Bertz CT molecular complexity index is 998. The lowest BCUT2D eigenvalue weighted by Crippen LogP contribution is -2.30. The van der Waals surface area contributed by atoms with E-state index >= 15 is 0 Å². The number of rotatable bonds is 6. The van der Waals surface area contributed by atoms with Gasteiger partial charge in [0.05, 0.1) is 0 Å². The van der Waals surface area contributed by atoms with Crippen LogP contribution >= 0.6 is 0 Å². The highest BCUT2D eigenvalue weighted by atomic mass is 16.5. The third kappa shape index (κ3) is 5.45. The summed E-state index contributed by atoms with van der Waals surface area (Å²) in [5.41, 5.74) is 4.05. The molecule has 2 N–H and O–H groups in total. The fourth-order valence-corrected chi connectivity index (χ4v) is 2.85. The molecule has 3 aromatic rings. The second-order valence-corrected chi connectivity index (χ2v) is 6.91. The molecule has 0 aliphatic rings. The molecule has 0 saturated heterocycles. The summed E-state index contributed by atoms with van der Waals surface area (Å²) in [6.07, 6.45) is -0.648. The molecule has 0 heterocycles. The predicted octanol–water partition coefficient (Wildman–Crippen LogP) is 4.96. The van der Waals surface area contributed by atoms with Crippen LogP contribution in [0.3, 0.4) is 0 Å². The van der Waals surface area contributed by atoms with Crippen molar-refractivity contribution in [2.75, 3.05) is 10.6 Å². The summed E-state index contributed by atoms with van der Waals surface area (Å²) < 4.78 is 5.62. The molecule has 3 rings (SSSR count). The van der Waals surface area contributed by atoms with Crippen LogP contribution in [-0.4, -0.2) is 17.9 Å². The first kappa shape index (κ1) is 20.1. The quantitative estimate of drug-likeness (QED) is 0.627. The van der Waals surface area contributed by atoms with Crippen molar-refractivity contribution >= 4 is 23.2 Å². The smallest absolute Gasteiger partial charge is 0.265 e. The van der Waals surface area contributed by atoms with Crippen LogP contribution in [0.4, 0.5) is 11.4 Å². The highest BCUT2D eigenvalue weighted by Gasteiger charge is 2.15. The first-order valence-corrected chi connectivity index (χ1v) is 9.43. The van der Waals surface area contributed by atoms with Crippen LogP contribution in [0.1, 0.15) is 28.4 Å². The highest BCUT2D eigenvalue weighted by Crippen LogP contribution is 2.18. The second-order valence-electron chi connectivity index (χ2n) is 6.91. The van der Waals surface area contributed by atoms with Crippen LogP contribution in [0.2, 0.25) is 0 Å². The van der Waals surface area contributed by atoms with Gasteiger partial charge in [-0.2, -0.15) is 0 Å². The zero-order valence-electron chi connectivity index (χ0n) is 16.7. The summed E-state index contributed by atoms with van der Waals surface area (Å²) in [5.74, 6) is 0.172. The molecule has 2 amide bonds. The molecular weight excluding hydrogens is 364 g/mol. The number of hydrogen-bond acceptors (Lipinski definition) is 3. The van der Waals surface area contributed by atoms with E-state index in [1.165, 1.54) is 0 Å². The van der Waals surface area contributed by atoms with Gasteiger partial charge in [-0.05, 0) is 68.8 Å². The number of anilines is 2. The maximum atomic E-state index is 12.5. The molecule has 0 aromatic heterocycles. The number of benzene rings is 3. The van der Waals surface area contributed by atoms with E-state index in [0.29, 0.717) is 17.0 Å². The number of amides is 2. The maximum Gasteiger partial charge on any atom is 0.265 e. The van der Waals surface area contributed by atoms with Crippen LogP contribution in [0, 0.1) is 13.8 Å². The lowest BCUT2D eigenvalue weighted by Gasteiger charge is -2.15. The Hall–Kier alpha value is -3.60. The molecule has 3 aromatic carbocycles. The Morgan fingerprint density at radius 1 is 0.862 bits per heavy atom. The number of para-hydroxylation sites is 1. The predicted molar refractivity (Wildman–Crippen MR) is 115 cm³/mol. The molecule has 0 aliphatic carbocycles. The van der Waals surface area contributed by atoms with Gasteiger partial charge in [0.2, 0.25) is 0 Å². The molecule has 0 spiro atoms. The summed E-state index contributed by atoms with van der Waals surface area (Å²) in [5, 5.41) is 5.71. The molecule has 5 nitrogen and oxygen atoms in total. The fraction of sp³-hybridized carbons (Fsp3) is 0.167. The number of carbonyl (C=O) groups is 2. The Balaban J connectivity index is 1.59. The minimum Gasteiger partial charge on any atom is -0.481 e. The molecular formula is C24H24N2O3. The summed E-state index contributed by atoms with van der Waals surface area (Å²) >= 11 is 0. The average Bonchev–Trinajstić information content (AvgIpc) is 2.71. The lowest BCUT2D eigenvalue weighted by atomic mass is 10.1. The van der Waals surface area contributed by atoms with E-state index in [0.717, 1.165) is 16.8 Å².